The molecule has 0 aliphatic carbocycles. The van der Waals surface area contributed by atoms with Gasteiger partial charge in [-0.15, -0.1) is 0 Å². The Hall–Kier alpha value is -4.11. The third-order valence-electron chi connectivity index (χ3n) is 8.00. The average molecular weight is 664 g/mol. The third-order valence-corrected chi connectivity index (χ3v) is 9.19. The maximum Gasteiger partial charge on any atom is 0.421 e. The van der Waals surface area contributed by atoms with Crippen molar-refractivity contribution in [2.75, 3.05) is 55.0 Å². The lowest BCUT2D eigenvalue weighted by molar-refractivity contribution is -0.137. The highest BCUT2D eigenvalue weighted by atomic mass is 32.2. The molecule has 250 valence electrons. The van der Waals surface area contributed by atoms with Crippen molar-refractivity contribution in [1.29, 1.82) is 0 Å². The van der Waals surface area contributed by atoms with Gasteiger partial charge in [0.05, 0.1) is 24.7 Å². The van der Waals surface area contributed by atoms with Gasteiger partial charge < -0.3 is 25.6 Å². The minimum absolute atomic E-state index is 0.152. The second kappa shape index (κ2) is 14.5. The summed E-state index contributed by atoms with van der Waals surface area (Å²) in [6.45, 7) is 6.37. The molecule has 1 atom stereocenters. The molecule has 1 aliphatic rings. The van der Waals surface area contributed by atoms with Gasteiger partial charge in [0.2, 0.25) is 16.0 Å². The number of rotatable bonds is 13. The Labute approximate surface area is 267 Å². The fraction of sp³-hybridized carbons (Fsp3) is 0.452. The van der Waals surface area contributed by atoms with Crippen LogP contribution in [-0.2, 0) is 22.7 Å². The Bertz CT molecular complexity index is 1650. The van der Waals surface area contributed by atoms with Gasteiger partial charge in [0.15, 0.2) is 0 Å². The summed E-state index contributed by atoms with van der Waals surface area (Å²) in [5.41, 5.74) is 1.16. The van der Waals surface area contributed by atoms with Crippen LogP contribution in [0.2, 0.25) is 0 Å². The molecule has 3 aromatic rings. The number of carbonyl (C=O) groups is 1. The van der Waals surface area contributed by atoms with Crippen molar-refractivity contribution in [3.63, 3.8) is 0 Å². The van der Waals surface area contributed by atoms with Gasteiger partial charge in [0.1, 0.15) is 17.1 Å². The number of hydrogen-bond acceptors (Lipinski definition) is 9. The molecule has 1 aliphatic heterocycles. The van der Waals surface area contributed by atoms with Crippen molar-refractivity contribution >= 4 is 39.1 Å². The van der Waals surface area contributed by atoms with Crippen LogP contribution in [0.25, 0.3) is 0 Å². The summed E-state index contributed by atoms with van der Waals surface area (Å²) in [5, 5.41) is 8.53. The molecule has 0 saturated carbocycles. The summed E-state index contributed by atoms with van der Waals surface area (Å²) in [6, 6.07) is 10.2. The zero-order valence-electron chi connectivity index (χ0n) is 26.5. The SMILES string of the molecule is CCN1CCCC1CCNC(=O)c1ccc(Nc2ncc(C(F)(F)F)c(NCc3ccc(C)cc3N(C)S(C)(=O)=O)n2)c(OC)c1. The van der Waals surface area contributed by atoms with Gasteiger partial charge in [0.25, 0.3) is 5.91 Å². The van der Waals surface area contributed by atoms with Crippen molar-refractivity contribution in [2.45, 2.75) is 51.9 Å². The van der Waals surface area contributed by atoms with Crippen LogP contribution in [0.1, 0.15) is 53.2 Å². The quantitative estimate of drug-likeness (QED) is 0.227. The molecule has 46 heavy (non-hydrogen) atoms. The number of aryl methyl sites for hydroxylation is 1. The topological polar surface area (TPSA) is 129 Å². The number of aromatic nitrogens is 2. The molecule has 1 unspecified atom stereocenters. The number of alkyl halides is 3. The molecular weight excluding hydrogens is 623 g/mol. The number of amides is 1. The van der Waals surface area contributed by atoms with Crippen LogP contribution in [0.5, 0.6) is 5.75 Å². The minimum atomic E-state index is -4.76. The Kier molecular flexibility index (Phi) is 11.0. The van der Waals surface area contributed by atoms with Gasteiger partial charge in [-0.3, -0.25) is 9.10 Å². The van der Waals surface area contributed by atoms with E-state index in [1.54, 1.807) is 37.3 Å². The maximum absolute atomic E-state index is 13.9. The van der Waals surface area contributed by atoms with E-state index in [4.69, 9.17) is 4.74 Å². The number of ether oxygens (including phenoxy) is 1. The lowest BCUT2D eigenvalue weighted by atomic mass is 10.1. The molecule has 2 heterocycles. The van der Waals surface area contributed by atoms with Crippen LogP contribution in [0.3, 0.4) is 0 Å². The molecule has 0 radical (unpaired) electrons. The van der Waals surface area contributed by atoms with E-state index in [9.17, 15) is 26.4 Å². The van der Waals surface area contributed by atoms with Crippen molar-refractivity contribution in [3.05, 3.63) is 64.8 Å². The van der Waals surface area contributed by atoms with Gasteiger partial charge >= 0.3 is 6.18 Å². The Morgan fingerprint density at radius 2 is 1.96 bits per heavy atom. The Balaban J connectivity index is 1.51. The predicted molar refractivity (Wildman–Crippen MR) is 172 cm³/mol. The zero-order valence-corrected chi connectivity index (χ0v) is 27.3. The highest BCUT2D eigenvalue weighted by Crippen LogP contribution is 2.36. The number of carbonyl (C=O) groups excluding carboxylic acids is 1. The van der Waals surface area contributed by atoms with Crippen LogP contribution in [0.4, 0.5) is 36.3 Å². The van der Waals surface area contributed by atoms with E-state index in [1.807, 2.05) is 0 Å². The minimum Gasteiger partial charge on any atom is -0.495 e. The van der Waals surface area contributed by atoms with Crippen molar-refractivity contribution in [1.82, 2.24) is 20.2 Å². The molecule has 3 N–H and O–H groups in total. The van der Waals surface area contributed by atoms with Crippen LogP contribution in [0, 0.1) is 6.92 Å². The summed E-state index contributed by atoms with van der Waals surface area (Å²) < 4.78 is 72.7. The summed E-state index contributed by atoms with van der Waals surface area (Å²) in [6.07, 6.45) is 0.0801. The molecular formula is C31H40F3N7O4S. The van der Waals surface area contributed by atoms with Crippen molar-refractivity contribution in [3.8, 4) is 5.75 Å². The van der Waals surface area contributed by atoms with Gasteiger partial charge in [-0.1, -0.05) is 19.1 Å². The van der Waals surface area contributed by atoms with Crippen LogP contribution < -0.4 is 25.0 Å². The second-order valence-corrected chi connectivity index (χ2v) is 13.2. The molecule has 11 nitrogen and oxygen atoms in total. The molecule has 0 bridgehead atoms. The highest BCUT2D eigenvalue weighted by Gasteiger charge is 2.35. The number of nitrogens with zero attached hydrogens (tertiary/aromatic N) is 4. The van der Waals surface area contributed by atoms with E-state index in [2.05, 4.69) is 37.7 Å². The Morgan fingerprint density at radius 1 is 1.20 bits per heavy atom. The average Bonchev–Trinajstić information content (AvgIpc) is 3.46. The van der Waals surface area contributed by atoms with E-state index < -0.39 is 27.6 Å². The number of nitrogens with one attached hydrogen (secondary N) is 3. The molecule has 1 saturated heterocycles. The first kappa shape index (κ1) is 34.8. The fourth-order valence-electron chi connectivity index (χ4n) is 5.41. The molecule has 1 amide bonds. The Morgan fingerprint density at radius 3 is 2.63 bits per heavy atom. The fourth-order valence-corrected chi connectivity index (χ4v) is 5.93. The van der Waals surface area contributed by atoms with Gasteiger partial charge in [0, 0.05) is 37.9 Å². The molecule has 1 fully saturated rings. The van der Waals surface area contributed by atoms with Crippen LogP contribution in [0.15, 0.2) is 42.6 Å². The summed E-state index contributed by atoms with van der Waals surface area (Å²) in [4.78, 5) is 23.2. The van der Waals surface area contributed by atoms with Crippen molar-refractivity contribution < 1.29 is 31.1 Å². The number of anilines is 4. The van der Waals surface area contributed by atoms with Gasteiger partial charge in [-0.05, 0) is 74.7 Å². The second-order valence-electron chi connectivity index (χ2n) is 11.2. The van der Waals surface area contributed by atoms with Gasteiger partial charge in [-0.2, -0.15) is 18.2 Å². The normalized spacial score (nSPS) is 15.4. The third kappa shape index (κ3) is 8.57. The number of halogens is 3. The predicted octanol–water partition coefficient (Wildman–Crippen LogP) is 5.17. The lowest BCUT2D eigenvalue weighted by Gasteiger charge is -2.22. The number of sulfonamides is 1. The van der Waals surface area contributed by atoms with Crippen molar-refractivity contribution in [2.24, 2.45) is 0 Å². The standard InChI is InChI=1S/C31H40F3N7O4S/c1-6-41-15-7-8-23(41)13-14-35-29(42)21-11-12-25(27(17-21)45-4)38-30-37-19-24(31(32,33)34)28(39-30)36-18-22-10-9-20(2)16-26(22)40(3)46(5,43)44/h9-12,16-17,19,23H,6-8,13-15,18H2,1-5H3,(H,35,42)(H2,36,37,38,39). The first-order valence-electron chi connectivity index (χ1n) is 14.9. The zero-order chi connectivity index (χ0) is 33.6. The number of benzene rings is 2. The summed E-state index contributed by atoms with van der Waals surface area (Å²) in [7, 11) is -0.840. The largest absolute Gasteiger partial charge is 0.495 e. The molecule has 0 spiro atoms. The number of methoxy groups -OCH3 is 1. The molecule has 2 aromatic carbocycles. The van der Waals surface area contributed by atoms with E-state index in [-0.39, 0.29) is 24.1 Å². The maximum atomic E-state index is 13.9. The van der Waals surface area contributed by atoms with Crippen LogP contribution in [-0.4, -0.2) is 75.3 Å². The van der Waals surface area contributed by atoms with Crippen LogP contribution >= 0.6 is 0 Å². The summed E-state index contributed by atoms with van der Waals surface area (Å²) in [5.74, 6) is -0.648. The highest BCUT2D eigenvalue weighted by molar-refractivity contribution is 7.92. The van der Waals surface area contributed by atoms with E-state index >= 15 is 0 Å². The number of likely N-dealkylation sites (tertiary alicyclic amines) is 1. The molecule has 1 aromatic heterocycles. The smallest absolute Gasteiger partial charge is 0.421 e. The van der Waals surface area contributed by atoms with E-state index in [0.717, 1.165) is 48.5 Å². The van der Waals surface area contributed by atoms with E-state index in [1.165, 1.54) is 20.2 Å². The number of hydrogen-bond donors (Lipinski definition) is 3. The lowest BCUT2D eigenvalue weighted by Crippen LogP contribution is -2.33. The van der Waals surface area contributed by atoms with Gasteiger partial charge in [-0.25, -0.2) is 13.4 Å². The summed E-state index contributed by atoms with van der Waals surface area (Å²) >= 11 is 0. The molecule has 15 heteroatoms. The molecule has 4 rings (SSSR count). The monoisotopic (exact) mass is 663 g/mol. The first-order chi connectivity index (χ1) is 21.7. The first-order valence-corrected chi connectivity index (χ1v) is 16.7. The van der Waals surface area contributed by atoms with E-state index in [0.29, 0.717) is 41.3 Å².